The van der Waals surface area contributed by atoms with Gasteiger partial charge in [0, 0.05) is 5.69 Å². The third kappa shape index (κ3) is 4.68. The largest absolute Gasteiger partial charge is 0.462 e. The highest BCUT2D eigenvalue weighted by Gasteiger charge is 2.21. The van der Waals surface area contributed by atoms with Gasteiger partial charge in [-0.05, 0) is 49.7 Å². The van der Waals surface area contributed by atoms with Crippen molar-refractivity contribution in [1.29, 1.82) is 0 Å². The minimum Gasteiger partial charge on any atom is -0.462 e. The van der Waals surface area contributed by atoms with Crippen molar-refractivity contribution in [2.45, 2.75) is 30.7 Å². The Hall–Kier alpha value is -2.80. The van der Waals surface area contributed by atoms with Gasteiger partial charge in [0.1, 0.15) is 5.52 Å². The van der Waals surface area contributed by atoms with Crippen molar-refractivity contribution in [3.05, 3.63) is 54.1 Å². The van der Waals surface area contributed by atoms with Crippen molar-refractivity contribution >= 4 is 40.4 Å². The minimum atomic E-state index is -0.381. The number of nitrogens with one attached hydrogen (secondary N) is 1. The van der Waals surface area contributed by atoms with Crippen LogP contribution in [0, 0.1) is 0 Å². The summed E-state index contributed by atoms with van der Waals surface area (Å²) >= 11 is 1.29. The smallest absolute Gasteiger partial charge is 0.338 e. The minimum absolute atomic E-state index is 0.145. The number of nitrogens with zero attached hydrogens (tertiary/aromatic N) is 1. The maximum absolute atomic E-state index is 12.6. The van der Waals surface area contributed by atoms with E-state index in [1.54, 1.807) is 31.2 Å². The van der Waals surface area contributed by atoms with Crippen LogP contribution in [0.3, 0.4) is 0 Å². The molecule has 0 aliphatic rings. The summed E-state index contributed by atoms with van der Waals surface area (Å²) in [5.74, 6) is -0.526. The normalized spacial score (nSPS) is 11.9. The molecule has 1 heterocycles. The van der Waals surface area contributed by atoms with Gasteiger partial charge in [0.05, 0.1) is 17.4 Å². The van der Waals surface area contributed by atoms with Crippen LogP contribution in [0.25, 0.3) is 11.1 Å². The number of rotatable bonds is 7. The number of hydrogen-bond donors (Lipinski definition) is 1. The molecule has 0 radical (unpaired) electrons. The second-order valence-electron chi connectivity index (χ2n) is 5.75. The van der Waals surface area contributed by atoms with Gasteiger partial charge in [-0.25, -0.2) is 9.78 Å². The molecule has 0 unspecified atom stereocenters. The maximum Gasteiger partial charge on any atom is 0.338 e. The number of hydrogen-bond acceptors (Lipinski definition) is 6. The monoisotopic (exact) mass is 384 g/mol. The number of aromatic nitrogens is 1. The van der Waals surface area contributed by atoms with E-state index in [0.29, 0.717) is 35.1 Å². The predicted molar refractivity (Wildman–Crippen MR) is 105 cm³/mol. The van der Waals surface area contributed by atoms with Gasteiger partial charge in [0.15, 0.2) is 5.58 Å². The Morgan fingerprint density at radius 1 is 1.15 bits per heavy atom. The highest BCUT2D eigenvalue weighted by Crippen LogP contribution is 2.29. The third-order valence-electron chi connectivity index (χ3n) is 3.84. The summed E-state index contributed by atoms with van der Waals surface area (Å²) in [4.78, 5) is 28.7. The summed E-state index contributed by atoms with van der Waals surface area (Å²) in [7, 11) is 0. The molecule has 27 heavy (non-hydrogen) atoms. The van der Waals surface area contributed by atoms with Crippen molar-refractivity contribution < 1.29 is 18.7 Å². The van der Waals surface area contributed by atoms with Gasteiger partial charge in [-0.2, -0.15) is 0 Å². The van der Waals surface area contributed by atoms with Gasteiger partial charge in [0.2, 0.25) is 5.91 Å². The van der Waals surface area contributed by atoms with Crippen LogP contribution in [-0.2, 0) is 9.53 Å². The lowest BCUT2D eigenvalue weighted by molar-refractivity contribution is -0.115. The number of benzene rings is 2. The van der Waals surface area contributed by atoms with Crippen LogP contribution in [0.5, 0.6) is 0 Å². The Kier molecular flexibility index (Phi) is 6.13. The Bertz CT molecular complexity index is 904. The number of para-hydroxylation sites is 2. The molecular weight excluding hydrogens is 364 g/mol. The van der Waals surface area contributed by atoms with Gasteiger partial charge in [-0.15, -0.1) is 0 Å². The lowest BCUT2D eigenvalue weighted by atomic mass is 10.2. The molecule has 2 aromatic carbocycles. The zero-order valence-electron chi connectivity index (χ0n) is 15.1. The molecule has 0 saturated heterocycles. The van der Waals surface area contributed by atoms with Gasteiger partial charge < -0.3 is 14.5 Å². The van der Waals surface area contributed by atoms with Crippen LogP contribution in [0.15, 0.2) is 58.2 Å². The number of carbonyl (C=O) groups is 2. The van der Waals surface area contributed by atoms with Crippen molar-refractivity contribution in [3.8, 4) is 0 Å². The lowest BCUT2D eigenvalue weighted by Crippen LogP contribution is -2.24. The molecule has 0 saturated carbocycles. The molecule has 0 bridgehead atoms. The molecule has 7 heteroatoms. The zero-order chi connectivity index (χ0) is 19.2. The summed E-state index contributed by atoms with van der Waals surface area (Å²) in [5, 5.41) is 2.99. The second-order valence-corrected chi connectivity index (χ2v) is 6.90. The zero-order valence-corrected chi connectivity index (χ0v) is 15.9. The highest BCUT2D eigenvalue weighted by molar-refractivity contribution is 8.00. The standard InChI is InChI=1S/C20H20N2O4S/c1-3-17(27-20-22-15-7-5-6-8-16(15)26-20)18(23)21-14-11-9-13(10-12-14)19(24)25-4-2/h5-12,17H,3-4H2,1-2H3,(H,21,23)/t17-/m0/s1. The first kappa shape index (κ1) is 19.0. The molecule has 3 aromatic rings. The summed E-state index contributed by atoms with van der Waals surface area (Å²) in [6.07, 6.45) is 0.621. The average Bonchev–Trinajstić information content (AvgIpc) is 3.09. The Balaban J connectivity index is 1.65. The topological polar surface area (TPSA) is 81.4 Å². The van der Waals surface area contributed by atoms with E-state index in [9.17, 15) is 9.59 Å². The van der Waals surface area contributed by atoms with E-state index in [0.717, 1.165) is 5.52 Å². The molecule has 0 spiro atoms. The van der Waals surface area contributed by atoms with Crippen molar-refractivity contribution in [1.82, 2.24) is 4.98 Å². The Morgan fingerprint density at radius 3 is 2.56 bits per heavy atom. The van der Waals surface area contributed by atoms with Crippen molar-refractivity contribution in [2.24, 2.45) is 0 Å². The van der Waals surface area contributed by atoms with Gasteiger partial charge >= 0.3 is 5.97 Å². The Morgan fingerprint density at radius 2 is 1.89 bits per heavy atom. The van der Waals surface area contributed by atoms with Crippen LogP contribution in [0.1, 0.15) is 30.6 Å². The molecule has 140 valence electrons. The molecule has 3 rings (SSSR count). The number of thioether (sulfide) groups is 1. The molecular formula is C20H20N2O4S. The maximum atomic E-state index is 12.6. The first-order valence-corrected chi connectivity index (χ1v) is 9.59. The Labute approximate surface area is 161 Å². The number of ether oxygens (including phenoxy) is 1. The van der Waals surface area contributed by atoms with Gasteiger partial charge in [-0.1, -0.05) is 30.8 Å². The number of oxazole rings is 1. The van der Waals surface area contributed by atoms with Crippen molar-refractivity contribution in [3.63, 3.8) is 0 Å². The molecule has 0 aliphatic carbocycles. The molecule has 0 fully saturated rings. The van der Waals surface area contributed by atoms with Crippen molar-refractivity contribution in [2.75, 3.05) is 11.9 Å². The van der Waals surface area contributed by atoms with E-state index in [2.05, 4.69) is 10.3 Å². The summed E-state index contributed by atoms with van der Waals surface area (Å²) in [5.41, 5.74) is 2.53. The second kappa shape index (κ2) is 8.73. The van der Waals surface area contributed by atoms with E-state index in [-0.39, 0.29) is 17.1 Å². The SMILES string of the molecule is CCOC(=O)c1ccc(NC(=O)[C@H](CC)Sc2nc3ccccc3o2)cc1. The lowest BCUT2D eigenvalue weighted by Gasteiger charge is -2.13. The summed E-state index contributed by atoms with van der Waals surface area (Å²) in [6, 6.07) is 14.1. The fourth-order valence-electron chi connectivity index (χ4n) is 2.47. The number of amides is 1. The van der Waals surface area contributed by atoms with Crippen LogP contribution < -0.4 is 5.32 Å². The van der Waals surface area contributed by atoms with E-state index in [1.807, 2.05) is 31.2 Å². The van der Waals surface area contributed by atoms with E-state index in [4.69, 9.17) is 9.15 Å². The third-order valence-corrected chi connectivity index (χ3v) is 5.05. The van der Waals surface area contributed by atoms with Crippen LogP contribution in [0.2, 0.25) is 0 Å². The quantitative estimate of drug-likeness (QED) is 0.477. The molecule has 1 amide bonds. The van der Waals surface area contributed by atoms with Crippen LogP contribution in [0.4, 0.5) is 5.69 Å². The average molecular weight is 384 g/mol. The summed E-state index contributed by atoms with van der Waals surface area (Å²) in [6.45, 7) is 4.01. The van der Waals surface area contributed by atoms with E-state index < -0.39 is 0 Å². The van der Waals surface area contributed by atoms with Gasteiger partial charge in [0.25, 0.3) is 5.22 Å². The van der Waals surface area contributed by atoms with E-state index >= 15 is 0 Å². The molecule has 1 atom stereocenters. The molecule has 0 aliphatic heterocycles. The number of anilines is 1. The number of fused-ring (bicyclic) bond motifs is 1. The molecule has 1 aromatic heterocycles. The van der Waals surface area contributed by atoms with E-state index in [1.165, 1.54) is 11.8 Å². The fourth-order valence-corrected chi connectivity index (χ4v) is 3.34. The predicted octanol–water partition coefficient (Wildman–Crippen LogP) is 4.51. The van der Waals surface area contributed by atoms with Crippen LogP contribution >= 0.6 is 11.8 Å². The fraction of sp³-hybridized carbons (Fsp3) is 0.250. The first-order chi connectivity index (χ1) is 13.1. The van der Waals surface area contributed by atoms with Crippen LogP contribution in [-0.4, -0.2) is 28.7 Å². The van der Waals surface area contributed by atoms with Gasteiger partial charge in [-0.3, -0.25) is 4.79 Å². The number of esters is 1. The summed E-state index contributed by atoms with van der Waals surface area (Å²) < 4.78 is 10.6. The number of carbonyl (C=O) groups excluding carboxylic acids is 2. The highest BCUT2D eigenvalue weighted by atomic mass is 32.2. The molecule has 6 nitrogen and oxygen atoms in total. The molecule has 1 N–H and O–H groups in total. The first-order valence-electron chi connectivity index (χ1n) is 8.71.